The molecule has 6 heteroatoms. The van der Waals surface area contributed by atoms with Crippen LogP contribution in [0.5, 0.6) is 0 Å². The molecule has 0 fully saturated rings. The lowest BCUT2D eigenvalue weighted by Gasteiger charge is -2.18. The Bertz CT molecular complexity index is 1050. The molecule has 1 unspecified atom stereocenters. The van der Waals surface area contributed by atoms with E-state index in [-0.39, 0.29) is 37.5 Å². The van der Waals surface area contributed by atoms with E-state index in [0.717, 1.165) is 89.9 Å². The lowest BCUT2D eigenvalue weighted by Crippen LogP contribution is -2.30. The highest BCUT2D eigenvalue weighted by atomic mass is 16.6. The highest BCUT2D eigenvalue weighted by molar-refractivity contribution is 5.71. The average molecular weight is 753 g/mol. The zero-order valence-electron chi connectivity index (χ0n) is 35.0. The maximum atomic E-state index is 12.6. The van der Waals surface area contributed by atoms with E-state index in [1.165, 1.54) is 57.8 Å². The zero-order chi connectivity index (χ0) is 39.4. The van der Waals surface area contributed by atoms with Crippen molar-refractivity contribution in [3.8, 4) is 0 Å². The number of allylic oxidation sites excluding steroid dienone is 12. The number of ether oxygens (including phenoxy) is 3. The van der Waals surface area contributed by atoms with Crippen molar-refractivity contribution in [2.45, 2.75) is 200 Å². The summed E-state index contributed by atoms with van der Waals surface area (Å²) in [6, 6.07) is 0. The van der Waals surface area contributed by atoms with Crippen LogP contribution in [0.25, 0.3) is 0 Å². The molecule has 0 aromatic heterocycles. The van der Waals surface area contributed by atoms with Gasteiger partial charge in [-0.3, -0.25) is 14.4 Å². The van der Waals surface area contributed by atoms with Crippen molar-refractivity contribution in [3.63, 3.8) is 0 Å². The smallest absolute Gasteiger partial charge is 0.306 e. The highest BCUT2D eigenvalue weighted by Gasteiger charge is 2.19. The Kier molecular flexibility index (Phi) is 40.1. The third kappa shape index (κ3) is 40.0. The Hall–Kier alpha value is -3.15. The molecule has 1 atom stereocenters. The molecule has 0 aliphatic rings. The van der Waals surface area contributed by atoms with Crippen molar-refractivity contribution in [1.82, 2.24) is 0 Å². The Morgan fingerprint density at radius 3 is 1.37 bits per heavy atom. The first-order valence-electron chi connectivity index (χ1n) is 22.0. The van der Waals surface area contributed by atoms with Crippen molar-refractivity contribution in [2.24, 2.45) is 0 Å². The molecule has 6 nitrogen and oxygen atoms in total. The van der Waals surface area contributed by atoms with E-state index in [9.17, 15) is 14.4 Å². The first-order valence-corrected chi connectivity index (χ1v) is 22.0. The molecule has 0 bridgehead atoms. The minimum absolute atomic E-state index is 0.106. The summed E-state index contributed by atoms with van der Waals surface area (Å²) in [5.41, 5.74) is 0. The standard InChI is InChI=1S/C48H80O6/c1-4-7-10-13-16-19-22-23-24-25-27-29-32-35-38-41-47(50)53-44-45(43-52-46(49)40-37-34-31-28-21-18-15-12-9-6-3)54-48(51)42-39-36-33-30-26-20-17-14-11-8-5-2/h8,11,15-20,22-23,30,33,45H,4-7,9-10,12-14,21,24-29,31-32,34-44H2,1-3H3/b11-8-,18-15-,19-16-,20-17-,23-22-,33-30-. The third-order valence-corrected chi connectivity index (χ3v) is 8.94. The number of hydrogen-bond donors (Lipinski definition) is 0. The van der Waals surface area contributed by atoms with Crippen molar-refractivity contribution < 1.29 is 28.6 Å². The van der Waals surface area contributed by atoms with E-state index in [1.54, 1.807) is 0 Å². The quantitative estimate of drug-likeness (QED) is 0.0205. The number of rotatable bonds is 38. The third-order valence-electron chi connectivity index (χ3n) is 8.94. The molecule has 0 N–H and O–H groups in total. The number of carbonyl (C=O) groups excluding carboxylic acids is 3. The number of unbranched alkanes of at least 4 members (excludes halogenated alkanes) is 16. The topological polar surface area (TPSA) is 78.9 Å². The van der Waals surface area contributed by atoms with Gasteiger partial charge in [0.1, 0.15) is 13.2 Å². The monoisotopic (exact) mass is 753 g/mol. The summed E-state index contributed by atoms with van der Waals surface area (Å²) in [6.45, 7) is 6.35. The van der Waals surface area contributed by atoms with Crippen LogP contribution in [0.1, 0.15) is 194 Å². The highest BCUT2D eigenvalue weighted by Crippen LogP contribution is 2.12. The van der Waals surface area contributed by atoms with Crippen LogP contribution in [0, 0.1) is 0 Å². The Morgan fingerprint density at radius 2 is 0.815 bits per heavy atom. The molecule has 0 saturated carbocycles. The normalized spacial score (nSPS) is 12.7. The van der Waals surface area contributed by atoms with Crippen molar-refractivity contribution >= 4 is 17.9 Å². The maximum Gasteiger partial charge on any atom is 0.306 e. The van der Waals surface area contributed by atoms with E-state index in [0.29, 0.717) is 19.3 Å². The summed E-state index contributed by atoms with van der Waals surface area (Å²) < 4.78 is 16.6. The van der Waals surface area contributed by atoms with Gasteiger partial charge in [-0.25, -0.2) is 0 Å². The predicted molar refractivity (Wildman–Crippen MR) is 228 cm³/mol. The molecule has 0 radical (unpaired) electrons. The fraction of sp³-hybridized carbons (Fsp3) is 0.688. The van der Waals surface area contributed by atoms with Gasteiger partial charge in [0, 0.05) is 19.3 Å². The summed E-state index contributed by atoms with van der Waals surface area (Å²) in [7, 11) is 0. The SMILES string of the molecule is CC/C=C\C/C=C\C/C=C\CCCC(=O)OC(COC(=O)CCCCCC/C=C\CCCC)COC(=O)CCCCCCCC/C=C\C=C/CCCCC. The molecule has 0 heterocycles. The van der Waals surface area contributed by atoms with Gasteiger partial charge in [-0.15, -0.1) is 0 Å². The summed E-state index contributed by atoms with van der Waals surface area (Å²) in [4.78, 5) is 37.6. The first-order chi connectivity index (χ1) is 26.5. The molecule has 0 rings (SSSR count). The van der Waals surface area contributed by atoms with Crippen molar-refractivity contribution in [1.29, 1.82) is 0 Å². The summed E-state index contributed by atoms with van der Waals surface area (Å²) in [5.74, 6) is -0.995. The molecule has 0 saturated heterocycles. The lowest BCUT2D eigenvalue weighted by molar-refractivity contribution is -0.167. The number of hydrogen-bond acceptors (Lipinski definition) is 6. The van der Waals surface area contributed by atoms with Crippen LogP contribution >= 0.6 is 0 Å². The van der Waals surface area contributed by atoms with E-state index >= 15 is 0 Å². The van der Waals surface area contributed by atoms with Crippen LogP contribution in [0.3, 0.4) is 0 Å². The maximum absolute atomic E-state index is 12.6. The molecule has 308 valence electrons. The second-order valence-electron chi connectivity index (χ2n) is 14.2. The minimum Gasteiger partial charge on any atom is -0.462 e. The van der Waals surface area contributed by atoms with Crippen LogP contribution in [0.2, 0.25) is 0 Å². The first kappa shape index (κ1) is 50.9. The Balaban J connectivity index is 4.46. The van der Waals surface area contributed by atoms with Gasteiger partial charge < -0.3 is 14.2 Å². The van der Waals surface area contributed by atoms with Gasteiger partial charge in [-0.2, -0.15) is 0 Å². The Labute approximate surface area is 332 Å². The van der Waals surface area contributed by atoms with Crippen LogP contribution in [0.15, 0.2) is 72.9 Å². The van der Waals surface area contributed by atoms with Gasteiger partial charge in [0.2, 0.25) is 0 Å². The van der Waals surface area contributed by atoms with Gasteiger partial charge in [0.05, 0.1) is 0 Å². The summed E-state index contributed by atoms with van der Waals surface area (Å²) >= 11 is 0. The predicted octanol–water partition coefficient (Wildman–Crippen LogP) is 13.9. The van der Waals surface area contributed by atoms with E-state index in [4.69, 9.17) is 14.2 Å². The zero-order valence-corrected chi connectivity index (χ0v) is 35.0. The van der Waals surface area contributed by atoms with Crippen molar-refractivity contribution in [3.05, 3.63) is 72.9 Å². The van der Waals surface area contributed by atoms with E-state index in [2.05, 4.69) is 93.7 Å². The van der Waals surface area contributed by atoms with Crippen LogP contribution in [-0.2, 0) is 28.6 Å². The van der Waals surface area contributed by atoms with Crippen molar-refractivity contribution in [2.75, 3.05) is 13.2 Å². The molecule has 0 aliphatic heterocycles. The van der Waals surface area contributed by atoms with Gasteiger partial charge in [-0.1, -0.05) is 158 Å². The van der Waals surface area contributed by atoms with Gasteiger partial charge in [0.15, 0.2) is 6.10 Å². The summed E-state index contributed by atoms with van der Waals surface area (Å²) in [6.07, 6.45) is 51.8. The molecule has 0 spiro atoms. The number of esters is 3. The van der Waals surface area contributed by atoms with Gasteiger partial charge in [-0.05, 0) is 89.9 Å². The van der Waals surface area contributed by atoms with E-state index < -0.39 is 6.10 Å². The van der Waals surface area contributed by atoms with Crippen LogP contribution in [-0.4, -0.2) is 37.2 Å². The fourth-order valence-corrected chi connectivity index (χ4v) is 5.61. The van der Waals surface area contributed by atoms with Crippen LogP contribution in [0.4, 0.5) is 0 Å². The van der Waals surface area contributed by atoms with Crippen LogP contribution < -0.4 is 0 Å². The molecule has 0 amide bonds. The van der Waals surface area contributed by atoms with E-state index in [1.807, 2.05) is 0 Å². The second-order valence-corrected chi connectivity index (χ2v) is 14.2. The molecule has 54 heavy (non-hydrogen) atoms. The average Bonchev–Trinajstić information content (AvgIpc) is 3.17. The minimum atomic E-state index is -0.807. The molecule has 0 aromatic rings. The molecular formula is C48H80O6. The molecule has 0 aromatic carbocycles. The van der Waals surface area contributed by atoms with Gasteiger partial charge >= 0.3 is 17.9 Å². The fourth-order valence-electron chi connectivity index (χ4n) is 5.61. The molecular weight excluding hydrogens is 673 g/mol. The largest absolute Gasteiger partial charge is 0.462 e. The summed E-state index contributed by atoms with van der Waals surface area (Å²) in [5, 5.41) is 0. The van der Waals surface area contributed by atoms with Gasteiger partial charge in [0.25, 0.3) is 0 Å². The molecule has 0 aliphatic carbocycles. The number of carbonyl (C=O) groups is 3. The lowest BCUT2D eigenvalue weighted by atomic mass is 10.1. The second kappa shape index (κ2) is 42.6. The Morgan fingerprint density at radius 1 is 0.407 bits per heavy atom.